The lowest BCUT2D eigenvalue weighted by molar-refractivity contribution is -0.123. The average molecular weight is 395 g/mol. The quantitative estimate of drug-likeness (QED) is 0.811. The van der Waals surface area contributed by atoms with Gasteiger partial charge < -0.3 is 15.5 Å². The van der Waals surface area contributed by atoms with Crippen LogP contribution in [0.25, 0.3) is 0 Å². The van der Waals surface area contributed by atoms with E-state index in [0.29, 0.717) is 37.2 Å². The van der Waals surface area contributed by atoms with E-state index in [1.54, 1.807) is 42.5 Å². The summed E-state index contributed by atoms with van der Waals surface area (Å²) < 4.78 is 13.8. The van der Waals surface area contributed by atoms with Gasteiger partial charge in [-0.2, -0.15) is 0 Å². The van der Waals surface area contributed by atoms with E-state index in [9.17, 15) is 18.8 Å². The zero-order valence-electron chi connectivity index (χ0n) is 15.9. The summed E-state index contributed by atoms with van der Waals surface area (Å²) in [6, 6.07) is 13.6. The van der Waals surface area contributed by atoms with E-state index >= 15 is 0 Å². The van der Waals surface area contributed by atoms with Crippen molar-refractivity contribution in [2.45, 2.75) is 18.9 Å². The first-order valence-electron chi connectivity index (χ1n) is 9.70. The molecule has 0 bridgehead atoms. The fourth-order valence-electron chi connectivity index (χ4n) is 3.68. The monoisotopic (exact) mass is 395 g/mol. The molecule has 0 aromatic heterocycles. The van der Waals surface area contributed by atoms with Crippen molar-refractivity contribution in [3.05, 3.63) is 71.0 Å². The molecule has 3 amide bonds. The molecule has 2 aliphatic rings. The molecule has 7 heteroatoms. The molecule has 2 unspecified atom stereocenters. The molecule has 2 atom stereocenters. The molecule has 2 aromatic rings. The van der Waals surface area contributed by atoms with E-state index in [-0.39, 0.29) is 41.9 Å². The van der Waals surface area contributed by atoms with E-state index in [2.05, 4.69) is 10.6 Å². The van der Waals surface area contributed by atoms with Crippen LogP contribution < -0.4 is 10.6 Å². The van der Waals surface area contributed by atoms with Gasteiger partial charge >= 0.3 is 0 Å². The molecule has 1 saturated carbocycles. The Hall–Kier alpha value is -3.22. The Morgan fingerprint density at radius 3 is 2.62 bits per heavy atom. The number of piperazine rings is 1. The maximum Gasteiger partial charge on any atom is 0.254 e. The van der Waals surface area contributed by atoms with Crippen LogP contribution in [0.5, 0.6) is 0 Å². The van der Waals surface area contributed by atoms with E-state index in [4.69, 9.17) is 0 Å². The third kappa shape index (κ3) is 4.29. The van der Waals surface area contributed by atoms with Crippen molar-refractivity contribution in [1.82, 2.24) is 15.5 Å². The highest BCUT2D eigenvalue weighted by molar-refractivity contribution is 5.97. The summed E-state index contributed by atoms with van der Waals surface area (Å²) in [5.74, 6) is -0.938. The normalized spacial score (nSPS) is 20.7. The highest BCUT2D eigenvalue weighted by atomic mass is 19.1. The number of halogens is 1. The van der Waals surface area contributed by atoms with Crippen LogP contribution in [0, 0.1) is 11.7 Å². The zero-order chi connectivity index (χ0) is 20.4. The third-order valence-electron chi connectivity index (χ3n) is 5.43. The zero-order valence-corrected chi connectivity index (χ0v) is 15.9. The number of carbonyl (C=O) groups is 3. The Morgan fingerprint density at radius 2 is 1.90 bits per heavy atom. The summed E-state index contributed by atoms with van der Waals surface area (Å²) in [7, 11) is 0. The first-order chi connectivity index (χ1) is 14.0. The molecule has 0 spiro atoms. The summed E-state index contributed by atoms with van der Waals surface area (Å²) in [6.45, 7) is 1.37. The molecule has 6 nitrogen and oxygen atoms in total. The maximum atomic E-state index is 13.8. The summed E-state index contributed by atoms with van der Waals surface area (Å²) >= 11 is 0. The second-order valence-corrected chi connectivity index (χ2v) is 7.46. The number of hydrogen-bond donors (Lipinski definition) is 2. The largest absolute Gasteiger partial charge is 0.353 e. The number of amides is 3. The summed E-state index contributed by atoms with van der Waals surface area (Å²) in [4.78, 5) is 37.8. The first kappa shape index (κ1) is 19.1. The van der Waals surface area contributed by atoms with Gasteiger partial charge in [-0.3, -0.25) is 14.4 Å². The minimum Gasteiger partial charge on any atom is -0.353 e. The van der Waals surface area contributed by atoms with E-state index in [1.165, 1.54) is 11.0 Å². The van der Waals surface area contributed by atoms with Gasteiger partial charge in [0, 0.05) is 31.1 Å². The van der Waals surface area contributed by atoms with Crippen LogP contribution in [-0.4, -0.2) is 42.3 Å². The average Bonchev–Trinajstić information content (AvgIpc) is 3.53. The Balaban J connectivity index is 1.29. The van der Waals surface area contributed by atoms with Gasteiger partial charge in [-0.25, -0.2) is 4.39 Å². The van der Waals surface area contributed by atoms with Gasteiger partial charge in [0.25, 0.3) is 5.91 Å². The summed E-state index contributed by atoms with van der Waals surface area (Å²) in [5, 5.41) is 5.58. The molecule has 2 N–H and O–H groups in total. The van der Waals surface area contributed by atoms with Crippen molar-refractivity contribution in [2.24, 2.45) is 5.92 Å². The van der Waals surface area contributed by atoms with Gasteiger partial charge in [-0.1, -0.05) is 30.3 Å². The molecule has 1 heterocycles. The lowest BCUT2D eigenvalue weighted by Gasteiger charge is -2.26. The molecule has 1 aliphatic carbocycles. The van der Waals surface area contributed by atoms with Crippen molar-refractivity contribution in [3.8, 4) is 0 Å². The molecule has 150 valence electrons. The van der Waals surface area contributed by atoms with Gasteiger partial charge in [-0.15, -0.1) is 0 Å². The predicted octanol–water partition coefficient (Wildman–Crippen LogP) is 1.82. The van der Waals surface area contributed by atoms with Crippen LogP contribution in [0.2, 0.25) is 0 Å². The molecule has 1 aliphatic heterocycles. The fraction of sp³-hybridized carbons (Fsp3) is 0.318. The van der Waals surface area contributed by atoms with Crippen LogP contribution in [-0.2, 0) is 16.1 Å². The minimum absolute atomic E-state index is 0.0575. The van der Waals surface area contributed by atoms with Gasteiger partial charge in [0.2, 0.25) is 11.8 Å². The molecule has 2 fully saturated rings. The SMILES string of the molecule is O=C1CN(C(=O)c2ccc(CNC(=O)C3CC3c3ccccc3F)cc2)CCN1. The van der Waals surface area contributed by atoms with Crippen molar-refractivity contribution in [3.63, 3.8) is 0 Å². The molecule has 1 saturated heterocycles. The van der Waals surface area contributed by atoms with Gasteiger partial charge in [0.1, 0.15) is 5.82 Å². The standard InChI is InChI=1S/C22H22FN3O3/c23-19-4-2-1-3-16(19)17-11-18(17)21(28)25-12-14-5-7-15(8-6-14)22(29)26-10-9-24-20(27)13-26/h1-8,17-18H,9-13H2,(H,24,27)(H,25,28). The highest BCUT2D eigenvalue weighted by Crippen LogP contribution is 2.48. The predicted molar refractivity (Wildman–Crippen MR) is 104 cm³/mol. The van der Waals surface area contributed by atoms with Crippen LogP contribution in [0.4, 0.5) is 4.39 Å². The van der Waals surface area contributed by atoms with E-state index < -0.39 is 0 Å². The smallest absolute Gasteiger partial charge is 0.254 e. The van der Waals surface area contributed by atoms with Crippen molar-refractivity contribution in [2.75, 3.05) is 19.6 Å². The van der Waals surface area contributed by atoms with Crippen molar-refractivity contribution >= 4 is 17.7 Å². The second kappa shape index (κ2) is 8.03. The molecule has 2 aromatic carbocycles. The number of benzene rings is 2. The summed E-state index contributed by atoms with van der Waals surface area (Å²) in [6.07, 6.45) is 0.656. The molecular weight excluding hydrogens is 373 g/mol. The number of nitrogens with one attached hydrogen (secondary N) is 2. The molecule has 0 radical (unpaired) electrons. The Bertz CT molecular complexity index is 945. The van der Waals surface area contributed by atoms with Crippen LogP contribution in [0.3, 0.4) is 0 Å². The first-order valence-corrected chi connectivity index (χ1v) is 9.70. The number of rotatable bonds is 5. The number of carbonyl (C=O) groups excluding carboxylic acids is 3. The van der Waals surface area contributed by atoms with Gasteiger partial charge in [0.05, 0.1) is 6.54 Å². The Kier molecular flexibility index (Phi) is 5.29. The highest BCUT2D eigenvalue weighted by Gasteiger charge is 2.44. The van der Waals surface area contributed by atoms with Crippen molar-refractivity contribution < 1.29 is 18.8 Å². The number of nitrogens with zero attached hydrogens (tertiary/aromatic N) is 1. The lowest BCUT2D eigenvalue weighted by atomic mass is 10.1. The molecular formula is C22H22FN3O3. The van der Waals surface area contributed by atoms with Crippen LogP contribution in [0.15, 0.2) is 48.5 Å². The number of hydrogen-bond acceptors (Lipinski definition) is 3. The van der Waals surface area contributed by atoms with Crippen LogP contribution >= 0.6 is 0 Å². The Labute approximate surface area is 168 Å². The van der Waals surface area contributed by atoms with Crippen molar-refractivity contribution in [1.29, 1.82) is 0 Å². The molecule has 29 heavy (non-hydrogen) atoms. The maximum absolute atomic E-state index is 13.8. The Morgan fingerprint density at radius 1 is 1.14 bits per heavy atom. The second-order valence-electron chi connectivity index (χ2n) is 7.46. The minimum atomic E-state index is -0.265. The summed E-state index contributed by atoms with van der Waals surface area (Å²) in [5.41, 5.74) is 1.98. The molecule has 4 rings (SSSR count). The third-order valence-corrected chi connectivity index (χ3v) is 5.43. The van der Waals surface area contributed by atoms with Gasteiger partial charge in [0.15, 0.2) is 0 Å². The topological polar surface area (TPSA) is 78.5 Å². The van der Waals surface area contributed by atoms with E-state index in [1.807, 2.05) is 0 Å². The lowest BCUT2D eigenvalue weighted by Crippen LogP contribution is -2.49. The van der Waals surface area contributed by atoms with Crippen LogP contribution in [0.1, 0.15) is 33.8 Å². The van der Waals surface area contributed by atoms with E-state index in [0.717, 1.165) is 5.56 Å². The van der Waals surface area contributed by atoms with Gasteiger partial charge in [-0.05, 0) is 41.7 Å². The fourth-order valence-corrected chi connectivity index (χ4v) is 3.68.